The minimum atomic E-state index is -0.177. The molecule has 170 valence electrons. The smallest absolute Gasteiger partial charge is 0.260 e. The molecule has 1 fully saturated rings. The number of nitrogens with one attached hydrogen (secondary N) is 1. The zero-order valence-electron chi connectivity index (χ0n) is 18.7. The minimum absolute atomic E-state index is 0.0223. The van der Waals surface area contributed by atoms with Crippen LogP contribution in [0.1, 0.15) is 46.2 Å². The number of amides is 2. The monoisotopic (exact) mass is 444 g/mol. The Balaban J connectivity index is 1.36. The predicted molar refractivity (Wildman–Crippen MR) is 125 cm³/mol. The van der Waals surface area contributed by atoms with Gasteiger partial charge >= 0.3 is 0 Å². The number of hydrogen-bond donors (Lipinski definition) is 1. The van der Waals surface area contributed by atoms with Crippen LogP contribution in [0.5, 0.6) is 5.75 Å². The topological polar surface area (TPSA) is 84.4 Å². The highest BCUT2D eigenvalue weighted by atomic mass is 16.5. The fourth-order valence-electron chi connectivity index (χ4n) is 4.00. The van der Waals surface area contributed by atoms with Crippen molar-refractivity contribution >= 4 is 11.8 Å². The first kappa shape index (κ1) is 22.5. The molecule has 1 aliphatic rings. The first-order valence-corrected chi connectivity index (χ1v) is 11.2. The van der Waals surface area contributed by atoms with E-state index >= 15 is 0 Å². The van der Waals surface area contributed by atoms with Gasteiger partial charge in [0.2, 0.25) is 0 Å². The van der Waals surface area contributed by atoms with Gasteiger partial charge in [-0.1, -0.05) is 48.5 Å². The summed E-state index contributed by atoms with van der Waals surface area (Å²) in [6.07, 6.45) is 3.10. The van der Waals surface area contributed by atoms with Gasteiger partial charge in [-0.3, -0.25) is 9.59 Å². The van der Waals surface area contributed by atoms with Crippen molar-refractivity contribution in [2.75, 3.05) is 19.7 Å². The van der Waals surface area contributed by atoms with Crippen LogP contribution < -0.4 is 10.1 Å². The molecule has 0 radical (unpaired) electrons. The molecule has 1 N–H and O–H groups in total. The Bertz CT molecular complexity index is 1080. The van der Waals surface area contributed by atoms with Gasteiger partial charge in [-0.05, 0) is 37.5 Å². The maximum atomic E-state index is 12.9. The Morgan fingerprint density at radius 2 is 1.70 bits per heavy atom. The summed E-state index contributed by atoms with van der Waals surface area (Å²) in [4.78, 5) is 36.2. The average molecular weight is 445 g/mol. The molecule has 0 atom stereocenters. The van der Waals surface area contributed by atoms with Gasteiger partial charge in [-0.25, -0.2) is 9.97 Å². The molecule has 0 saturated carbocycles. The third-order valence-electron chi connectivity index (χ3n) is 5.82. The first-order valence-electron chi connectivity index (χ1n) is 11.2. The number of aromatic nitrogens is 2. The number of carbonyl (C=O) groups excluding carboxylic acids is 2. The first-order chi connectivity index (χ1) is 16.1. The second-order valence-electron chi connectivity index (χ2n) is 8.14. The van der Waals surface area contributed by atoms with E-state index in [2.05, 4.69) is 15.3 Å². The molecule has 2 amide bonds. The van der Waals surface area contributed by atoms with Crippen LogP contribution in [0, 0.1) is 6.92 Å². The average Bonchev–Trinajstić information content (AvgIpc) is 2.87. The lowest BCUT2D eigenvalue weighted by Crippen LogP contribution is -2.41. The molecule has 0 aliphatic carbocycles. The second kappa shape index (κ2) is 10.7. The molecule has 7 nitrogen and oxygen atoms in total. The Labute approximate surface area is 193 Å². The van der Waals surface area contributed by atoms with E-state index in [-0.39, 0.29) is 24.3 Å². The summed E-state index contributed by atoms with van der Waals surface area (Å²) in [7, 11) is 0. The van der Waals surface area contributed by atoms with Crippen LogP contribution in [0.4, 0.5) is 0 Å². The molecule has 2 heterocycles. The van der Waals surface area contributed by atoms with Gasteiger partial charge in [0.15, 0.2) is 6.61 Å². The highest BCUT2D eigenvalue weighted by Gasteiger charge is 2.28. The largest absolute Gasteiger partial charge is 0.484 e. The van der Waals surface area contributed by atoms with Crippen molar-refractivity contribution in [3.8, 4) is 5.75 Å². The normalized spacial score (nSPS) is 14.0. The Morgan fingerprint density at radius 3 is 2.39 bits per heavy atom. The molecule has 1 aliphatic heterocycles. The van der Waals surface area contributed by atoms with E-state index in [9.17, 15) is 9.59 Å². The number of nitrogens with zero attached hydrogens (tertiary/aromatic N) is 3. The number of rotatable bonds is 7. The van der Waals surface area contributed by atoms with Crippen LogP contribution in [-0.4, -0.2) is 46.4 Å². The van der Waals surface area contributed by atoms with Crippen molar-refractivity contribution in [2.45, 2.75) is 32.2 Å². The highest BCUT2D eigenvalue weighted by Crippen LogP contribution is 2.29. The van der Waals surface area contributed by atoms with E-state index in [1.54, 1.807) is 6.20 Å². The van der Waals surface area contributed by atoms with Crippen molar-refractivity contribution in [3.05, 3.63) is 89.5 Å². The van der Waals surface area contributed by atoms with Crippen molar-refractivity contribution in [2.24, 2.45) is 0 Å². The summed E-state index contributed by atoms with van der Waals surface area (Å²) in [6.45, 7) is 3.51. The maximum Gasteiger partial charge on any atom is 0.260 e. The molecular formula is C26H28N4O3. The highest BCUT2D eigenvalue weighted by molar-refractivity contribution is 5.95. The van der Waals surface area contributed by atoms with Crippen LogP contribution in [0.15, 0.2) is 66.9 Å². The van der Waals surface area contributed by atoms with Crippen molar-refractivity contribution < 1.29 is 14.3 Å². The fourth-order valence-corrected chi connectivity index (χ4v) is 4.00. The van der Waals surface area contributed by atoms with Gasteiger partial charge < -0.3 is 15.0 Å². The molecule has 33 heavy (non-hydrogen) atoms. The van der Waals surface area contributed by atoms with E-state index in [1.165, 1.54) is 0 Å². The third-order valence-corrected chi connectivity index (χ3v) is 5.82. The number of aryl methyl sites for hydroxylation is 1. The number of hydrogen-bond acceptors (Lipinski definition) is 5. The van der Waals surface area contributed by atoms with E-state index in [1.807, 2.05) is 72.5 Å². The standard InChI is InChI=1S/C26H28N4O3/c1-19-27-17-23(26(32)28-16-20-8-4-2-5-9-20)25(29-19)21-12-14-30(15-13-21)24(31)18-33-22-10-6-3-7-11-22/h2-11,17,21H,12-16,18H2,1H3,(H,28,32). The zero-order chi connectivity index (χ0) is 23.0. The lowest BCUT2D eigenvalue weighted by molar-refractivity contribution is -0.134. The molecule has 4 rings (SSSR count). The van der Waals surface area contributed by atoms with Crippen LogP contribution in [0.2, 0.25) is 0 Å². The zero-order valence-corrected chi connectivity index (χ0v) is 18.7. The summed E-state index contributed by atoms with van der Waals surface area (Å²) in [6, 6.07) is 19.1. The van der Waals surface area contributed by atoms with Gasteiger partial charge in [-0.2, -0.15) is 0 Å². The molecule has 1 aromatic heterocycles. The summed E-state index contributed by atoms with van der Waals surface area (Å²) in [5, 5.41) is 2.97. The number of benzene rings is 2. The number of likely N-dealkylation sites (tertiary alicyclic amines) is 1. The van der Waals surface area contributed by atoms with E-state index in [0.29, 0.717) is 36.8 Å². The summed E-state index contributed by atoms with van der Waals surface area (Å²) in [5.41, 5.74) is 2.30. The molecule has 0 bridgehead atoms. The molecule has 0 spiro atoms. The molecular weight excluding hydrogens is 416 g/mol. The van der Waals surface area contributed by atoms with Crippen LogP contribution in [-0.2, 0) is 11.3 Å². The maximum absolute atomic E-state index is 12.9. The van der Waals surface area contributed by atoms with Gasteiger partial charge in [0.05, 0.1) is 11.3 Å². The van der Waals surface area contributed by atoms with Crippen LogP contribution >= 0.6 is 0 Å². The molecule has 1 saturated heterocycles. The molecule has 2 aromatic carbocycles. The number of para-hydroxylation sites is 1. The molecule has 7 heteroatoms. The Hall–Kier alpha value is -3.74. The molecule has 3 aromatic rings. The van der Waals surface area contributed by atoms with Gasteiger partial charge in [0, 0.05) is 31.7 Å². The van der Waals surface area contributed by atoms with E-state index < -0.39 is 0 Å². The van der Waals surface area contributed by atoms with Crippen LogP contribution in [0.3, 0.4) is 0 Å². The van der Waals surface area contributed by atoms with Gasteiger partial charge in [-0.15, -0.1) is 0 Å². The van der Waals surface area contributed by atoms with Gasteiger partial charge in [0.1, 0.15) is 11.6 Å². The SMILES string of the molecule is Cc1ncc(C(=O)NCc2ccccc2)c(C2CCN(C(=O)COc3ccccc3)CC2)n1. The van der Waals surface area contributed by atoms with E-state index in [4.69, 9.17) is 4.74 Å². The van der Waals surface area contributed by atoms with Gasteiger partial charge in [0.25, 0.3) is 11.8 Å². The quantitative estimate of drug-likeness (QED) is 0.603. The number of ether oxygens (including phenoxy) is 1. The Morgan fingerprint density at radius 1 is 1.03 bits per heavy atom. The van der Waals surface area contributed by atoms with Crippen molar-refractivity contribution in [1.29, 1.82) is 0 Å². The van der Waals surface area contributed by atoms with Crippen LogP contribution in [0.25, 0.3) is 0 Å². The molecule has 0 unspecified atom stereocenters. The summed E-state index contributed by atoms with van der Waals surface area (Å²) < 4.78 is 5.60. The van der Waals surface area contributed by atoms with Crippen molar-refractivity contribution in [3.63, 3.8) is 0 Å². The number of carbonyl (C=O) groups is 2. The summed E-state index contributed by atoms with van der Waals surface area (Å²) in [5.74, 6) is 1.21. The lowest BCUT2D eigenvalue weighted by Gasteiger charge is -2.32. The summed E-state index contributed by atoms with van der Waals surface area (Å²) >= 11 is 0. The second-order valence-corrected chi connectivity index (χ2v) is 8.14. The predicted octanol–water partition coefficient (Wildman–Crippen LogP) is 3.50. The number of piperidine rings is 1. The lowest BCUT2D eigenvalue weighted by atomic mass is 9.90. The third kappa shape index (κ3) is 5.94. The van der Waals surface area contributed by atoms with E-state index in [0.717, 1.165) is 24.1 Å². The fraction of sp³-hybridized carbons (Fsp3) is 0.308. The van der Waals surface area contributed by atoms with Crippen molar-refractivity contribution in [1.82, 2.24) is 20.2 Å². The minimum Gasteiger partial charge on any atom is -0.484 e. The Kier molecular flexibility index (Phi) is 7.29.